The third kappa shape index (κ3) is 4.77. The largest absolute Gasteiger partial charge is 0.497 e. The fourth-order valence-electron chi connectivity index (χ4n) is 1.99. The maximum atomic E-state index is 11.9. The van der Waals surface area contributed by atoms with E-state index in [-0.39, 0.29) is 11.4 Å². The molecular weight excluding hydrogens is 328 g/mol. The molecule has 2 aromatic carbocycles. The summed E-state index contributed by atoms with van der Waals surface area (Å²) in [7, 11) is 1.40. The summed E-state index contributed by atoms with van der Waals surface area (Å²) in [5.74, 6) is -1.01. The van der Waals surface area contributed by atoms with Crippen LogP contribution in [0.4, 0.5) is 11.4 Å². The van der Waals surface area contributed by atoms with E-state index in [1.807, 2.05) is 6.92 Å². The first-order valence-corrected chi connectivity index (χ1v) is 7.27. The molecule has 25 heavy (non-hydrogen) atoms. The molecule has 0 saturated heterocycles. The van der Waals surface area contributed by atoms with Gasteiger partial charge in [0.05, 0.1) is 17.6 Å². The minimum absolute atomic E-state index is 0.0410. The molecule has 0 bridgehead atoms. The molecule has 0 aliphatic heterocycles. The summed E-state index contributed by atoms with van der Waals surface area (Å²) in [6.07, 6.45) is 0. The molecule has 8 heteroatoms. The van der Waals surface area contributed by atoms with Crippen LogP contribution in [0, 0.1) is 17.0 Å². The van der Waals surface area contributed by atoms with Gasteiger partial charge in [0.1, 0.15) is 11.4 Å². The average Bonchev–Trinajstić information content (AvgIpc) is 2.60. The predicted molar refractivity (Wildman–Crippen MR) is 89.7 cm³/mol. The van der Waals surface area contributed by atoms with Crippen LogP contribution >= 0.6 is 0 Å². The highest BCUT2D eigenvalue weighted by Crippen LogP contribution is 2.28. The van der Waals surface area contributed by atoms with Gasteiger partial charge in [-0.25, -0.2) is 4.79 Å². The van der Waals surface area contributed by atoms with Crippen molar-refractivity contribution in [2.75, 3.05) is 19.0 Å². The lowest BCUT2D eigenvalue weighted by molar-refractivity contribution is -0.383. The summed E-state index contributed by atoms with van der Waals surface area (Å²) in [4.78, 5) is 34.2. The number of esters is 1. The zero-order chi connectivity index (χ0) is 18.4. The van der Waals surface area contributed by atoms with E-state index in [1.165, 1.54) is 25.3 Å². The Bertz CT molecular complexity index is 801. The van der Waals surface area contributed by atoms with Crippen molar-refractivity contribution >= 4 is 23.3 Å². The standard InChI is InChI=1S/C17H16N2O6/c1-11-3-5-12(6-4-11)17(21)25-10-16(20)18-14-9-13(24-2)7-8-15(14)19(22)23/h3-9H,10H2,1-2H3,(H,18,20). The summed E-state index contributed by atoms with van der Waals surface area (Å²) in [5, 5.41) is 13.4. The van der Waals surface area contributed by atoms with E-state index >= 15 is 0 Å². The topological polar surface area (TPSA) is 108 Å². The summed E-state index contributed by atoms with van der Waals surface area (Å²) in [6.45, 7) is 1.31. The van der Waals surface area contributed by atoms with Crippen molar-refractivity contribution in [1.82, 2.24) is 0 Å². The van der Waals surface area contributed by atoms with E-state index in [2.05, 4.69) is 5.32 Å². The molecule has 1 N–H and O–H groups in total. The number of hydrogen-bond donors (Lipinski definition) is 1. The van der Waals surface area contributed by atoms with Crippen molar-refractivity contribution in [2.45, 2.75) is 6.92 Å². The molecule has 0 radical (unpaired) electrons. The number of nitrogens with zero attached hydrogens (tertiary/aromatic N) is 1. The van der Waals surface area contributed by atoms with Gasteiger partial charge in [0.15, 0.2) is 6.61 Å². The van der Waals surface area contributed by atoms with Crippen LogP contribution in [-0.4, -0.2) is 30.5 Å². The van der Waals surface area contributed by atoms with Crippen LogP contribution in [0.2, 0.25) is 0 Å². The fourth-order valence-corrected chi connectivity index (χ4v) is 1.99. The fraction of sp³-hybridized carbons (Fsp3) is 0.176. The highest BCUT2D eigenvalue weighted by Gasteiger charge is 2.18. The molecule has 130 valence electrons. The first kappa shape index (κ1) is 17.9. The summed E-state index contributed by atoms with van der Waals surface area (Å²) >= 11 is 0. The second-order valence-electron chi connectivity index (χ2n) is 5.13. The zero-order valence-electron chi connectivity index (χ0n) is 13.6. The molecule has 0 aromatic heterocycles. The second-order valence-corrected chi connectivity index (χ2v) is 5.13. The van der Waals surface area contributed by atoms with E-state index in [1.54, 1.807) is 24.3 Å². The molecule has 2 rings (SSSR count). The highest BCUT2D eigenvalue weighted by atomic mass is 16.6. The maximum Gasteiger partial charge on any atom is 0.338 e. The molecule has 0 heterocycles. The van der Waals surface area contributed by atoms with E-state index in [4.69, 9.17) is 9.47 Å². The van der Waals surface area contributed by atoms with Gasteiger partial charge in [-0.3, -0.25) is 14.9 Å². The summed E-state index contributed by atoms with van der Waals surface area (Å²) < 4.78 is 9.88. The molecule has 1 amide bonds. The minimum Gasteiger partial charge on any atom is -0.497 e. The monoisotopic (exact) mass is 344 g/mol. The van der Waals surface area contributed by atoms with Crippen LogP contribution in [0.1, 0.15) is 15.9 Å². The van der Waals surface area contributed by atoms with Gasteiger partial charge in [-0.1, -0.05) is 17.7 Å². The Labute approximate surface area is 143 Å². The van der Waals surface area contributed by atoms with Gasteiger partial charge in [-0.15, -0.1) is 0 Å². The van der Waals surface area contributed by atoms with Crippen LogP contribution in [-0.2, 0) is 9.53 Å². The number of anilines is 1. The number of carbonyl (C=O) groups excluding carboxylic acids is 2. The lowest BCUT2D eigenvalue weighted by Crippen LogP contribution is -2.21. The molecule has 0 aliphatic carbocycles. The van der Waals surface area contributed by atoms with Crippen molar-refractivity contribution in [2.24, 2.45) is 0 Å². The number of hydrogen-bond acceptors (Lipinski definition) is 6. The Balaban J connectivity index is 2.01. The van der Waals surface area contributed by atoms with Gasteiger partial charge >= 0.3 is 5.97 Å². The number of nitro groups is 1. The molecule has 8 nitrogen and oxygen atoms in total. The second kappa shape index (κ2) is 7.91. The Morgan fingerprint density at radius 3 is 2.44 bits per heavy atom. The molecule has 0 aliphatic rings. The van der Waals surface area contributed by atoms with Crippen molar-refractivity contribution in [3.05, 3.63) is 63.7 Å². The van der Waals surface area contributed by atoms with Gasteiger partial charge in [-0.05, 0) is 25.1 Å². The normalized spacial score (nSPS) is 10.0. The van der Waals surface area contributed by atoms with Gasteiger partial charge < -0.3 is 14.8 Å². The van der Waals surface area contributed by atoms with Crippen LogP contribution in [0.25, 0.3) is 0 Å². The first-order valence-electron chi connectivity index (χ1n) is 7.27. The Kier molecular flexibility index (Phi) is 5.67. The van der Waals surface area contributed by atoms with E-state index in [0.717, 1.165) is 5.56 Å². The van der Waals surface area contributed by atoms with Crippen LogP contribution in [0.15, 0.2) is 42.5 Å². The maximum absolute atomic E-state index is 11.9. The lowest BCUT2D eigenvalue weighted by Gasteiger charge is -2.08. The van der Waals surface area contributed by atoms with Crippen LogP contribution in [0.5, 0.6) is 5.75 Å². The molecular formula is C17H16N2O6. The molecule has 0 spiro atoms. The molecule has 0 fully saturated rings. The smallest absolute Gasteiger partial charge is 0.338 e. The van der Waals surface area contributed by atoms with Crippen LogP contribution in [0.3, 0.4) is 0 Å². The van der Waals surface area contributed by atoms with Crippen molar-refractivity contribution in [3.63, 3.8) is 0 Å². The number of nitrogens with one attached hydrogen (secondary N) is 1. The van der Waals surface area contributed by atoms with Crippen molar-refractivity contribution < 1.29 is 24.0 Å². The van der Waals surface area contributed by atoms with Crippen molar-refractivity contribution in [3.8, 4) is 5.75 Å². The minimum atomic E-state index is -0.697. The molecule has 0 unspecified atom stereocenters. The quantitative estimate of drug-likeness (QED) is 0.490. The van der Waals surface area contributed by atoms with Gasteiger partial charge in [0.25, 0.3) is 11.6 Å². The number of aryl methyl sites for hydroxylation is 1. The Hall–Kier alpha value is -3.42. The third-order valence-electron chi connectivity index (χ3n) is 3.30. The summed E-state index contributed by atoms with van der Waals surface area (Å²) in [5.41, 5.74) is 0.963. The van der Waals surface area contributed by atoms with Crippen molar-refractivity contribution in [1.29, 1.82) is 0 Å². The first-order chi connectivity index (χ1) is 11.9. The number of amides is 1. The average molecular weight is 344 g/mol. The van der Waals surface area contributed by atoms with E-state index in [0.29, 0.717) is 11.3 Å². The van der Waals surface area contributed by atoms with Gasteiger partial charge in [-0.2, -0.15) is 0 Å². The van der Waals surface area contributed by atoms with Crippen LogP contribution < -0.4 is 10.1 Å². The number of benzene rings is 2. The van der Waals surface area contributed by atoms with E-state index in [9.17, 15) is 19.7 Å². The zero-order valence-corrected chi connectivity index (χ0v) is 13.6. The number of nitro benzene ring substituents is 1. The number of methoxy groups -OCH3 is 1. The lowest BCUT2D eigenvalue weighted by atomic mass is 10.1. The molecule has 0 saturated carbocycles. The van der Waals surface area contributed by atoms with Gasteiger partial charge in [0, 0.05) is 12.1 Å². The SMILES string of the molecule is COc1ccc([N+](=O)[O-])c(NC(=O)COC(=O)c2ccc(C)cc2)c1. The Morgan fingerprint density at radius 2 is 1.84 bits per heavy atom. The molecule has 2 aromatic rings. The van der Waals surface area contributed by atoms with Gasteiger partial charge in [0.2, 0.25) is 0 Å². The highest BCUT2D eigenvalue weighted by molar-refractivity contribution is 5.97. The number of ether oxygens (including phenoxy) is 2. The predicted octanol–water partition coefficient (Wildman–Crippen LogP) is 2.71. The number of carbonyl (C=O) groups is 2. The summed E-state index contributed by atoms with van der Waals surface area (Å²) in [6, 6.07) is 10.6. The third-order valence-corrected chi connectivity index (χ3v) is 3.30. The Morgan fingerprint density at radius 1 is 1.16 bits per heavy atom. The molecule has 0 atom stereocenters. The number of rotatable bonds is 6. The van der Waals surface area contributed by atoms with E-state index < -0.39 is 23.4 Å².